The molecule has 1 amide bonds. The number of hydrogen-bond donors (Lipinski definition) is 2. The van der Waals surface area contributed by atoms with Crippen molar-refractivity contribution in [3.63, 3.8) is 0 Å². The number of ether oxygens (including phenoxy) is 1. The van der Waals surface area contributed by atoms with Crippen molar-refractivity contribution >= 4 is 34.9 Å². The van der Waals surface area contributed by atoms with Gasteiger partial charge in [0.05, 0.1) is 23.4 Å². The molecule has 0 aliphatic heterocycles. The molecule has 0 saturated heterocycles. The van der Waals surface area contributed by atoms with Crippen LogP contribution in [0.2, 0.25) is 5.02 Å². The van der Waals surface area contributed by atoms with Gasteiger partial charge in [-0.2, -0.15) is 0 Å². The highest BCUT2D eigenvalue weighted by Crippen LogP contribution is 2.27. The van der Waals surface area contributed by atoms with Crippen molar-refractivity contribution in [2.75, 3.05) is 12.4 Å². The molecule has 2 N–H and O–H groups in total. The van der Waals surface area contributed by atoms with Crippen LogP contribution < -0.4 is 10.6 Å². The van der Waals surface area contributed by atoms with Crippen LogP contribution in [-0.2, 0) is 4.74 Å². The third kappa shape index (κ3) is 4.93. The number of nitrogens with one attached hydrogen (secondary N) is 2. The van der Waals surface area contributed by atoms with Crippen molar-refractivity contribution in [2.45, 2.75) is 26.3 Å². The number of anilines is 2. The Morgan fingerprint density at radius 3 is 2.72 bits per heavy atom. The number of aromatic nitrogens is 1. The number of methoxy groups -OCH3 is 1. The Hall–Kier alpha value is -2.60. The highest BCUT2D eigenvalue weighted by molar-refractivity contribution is 6.33. The first-order chi connectivity index (χ1) is 11.9. The van der Waals surface area contributed by atoms with E-state index in [-0.39, 0.29) is 11.9 Å². The number of nitrogens with zero attached hydrogens (tertiary/aromatic N) is 1. The number of amides is 1. The smallest absolute Gasteiger partial charge is 0.337 e. The SMILES string of the molecule is CCC(C)NC(=O)c1cc(Nc2cc(C(=O)OC)ccc2Cl)ccn1. The van der Waals surface area contributed by atoms with Crippen LogP contribution >= 0.6 is 11.6 Å². The summed E-state index contributed by atoms with van der Waals surface area (Å²) in [6.07, 6.45) is 2.37. The monoisotopic (exact) mass is 361 g/mol. The second-order valence-electron chi connectivity index (χ2n) is 5.52. The van der Waals surface area contributed by atoms with Gasteiger partial charge in [0.25, 0.3) is 5.91 Å². The number of halogens is 1. The highest BCUT2D eigenvalue weighted by Gasteiger charge is 2.12. The molecule has 2 aromatic rings. The van der Waals surface area contributed by atoms with Crippen molar-refractivity contribution in [3.8, 4) is 0 Å². The minimum absolute atomic E-state index is 0.0668. The van der Waals surface area contributed by atoms with Gasteiger partial charge in [-0.1, -0.05) is 18.5 Å². The molecule has 1 atom stereocenters. The van der Waals surface area contributed by atoms with Crippen LogP contribution in [0.1, 0.15) is 41.1 Å². The first-order valence-electron chi connectivity index (χ1n) is 7.86. The minimum atomic E-state index is -0.455. The largest absolute Gasteiger partial charge is 0.465 e. The Kier molecular flexibility index (Phi) is 6.36. The summed E-state index contributed by atoms with van der Waals surface area (Å²) in [5.41, 5.74) is 1.83. The van der Waals surface area contributed by atoms with Crippen molar-refractivity contribution in [1.82, 2.24) is 10.3 Å². The van der Waals surface area contributed by atoms with E-state index in [1.807, 2.05) is 13.8 Å². The van der Waals surface area contributed by atoms with Gasteiger partial charge in [0, 0.05) is 17.9 Å². The second kappa shape index (κ2) is 8.48. The Morgan fingerprint density at radius 2 is 2.04 bits per heavy atom. The number of hydrogen-bond acceptors (Lipinski definition) is 5. The van der Waals surface area contributed by atoms with Crippen molar-refractivity contribution in [2.24, 2.45) is 0 Å². The molecule has 0 radical (unpaired) electrons. The molecule has 0 fully saturated rings. The van der Waals surface area contributed by atoms with Gasteiger partial charge in [0.2, 0.25) is 0 Å². The number of esters is 1. The summed E-state index contributed by atoms with van der Waals surface area (Å²) in [5, 5.41) is 6.40. The maximum atomic E-state index is 12.2. The molecule has 7 heteroatoms. The zero-order valence-electron chi connectivity index (χ0n) is 14.3. The molecular formula is C18H20ClN3O3. The van der Waals surface area contributed by atoms with Crippen LogP contribution in [0, 0.1) is 0 Å². The lowest BCUT2D eigenvalue weighted by atomic mass is 10.2. The normalized spacial score (nSPS) is 11.5. The maximum absolute atomic E-state index is 12.2. The van der Waals surface area contributed by atoms with Gasteiger partial charge in [-0.3, -0.25) is 9.78 Å². The van der Waals surface area contributed by atoms with E-state index in [1.165, 1.54) is 13.3 Å². The van der Waals surface area contributed by atoms with Crippen LogP contribution in [0.25, 0.3) is 0 Å². The van der Waals surface area contributed by atoms with E-state index in [4.69, 9.17) is 16.3 Å². The predicted molar refractivity (Wildman–Crippen MR) is 97.5 cm³/mol. The molecule has 1 aromatic heterocycles. The third-order valence-corrected chi connectivity index (χ3v) is 3.98. The van der Waals surface area contributed by atoms with E-state index in [0.717, 1.165) is 6.42 Å². The van der Waals surface area contributed by atoms with Crippen LogP contribution in [-0.4, -0.2) is 30.0 Å². The molecule has 0 saturated carbocycles. The first-order valence-corrected chi connectivity index (χ1v) is 8.24. The summed E-state index contributed by atoms with van der Waals surface area (Å²) in [4.78, 5) is 27.9. The number of carbonyl (C=O) groups excluding carboxylic acids is 2. The fourth-order valence-electron chi connectivity index (χ4n) is 2.05. The van der Waals surface area contributed by atoms with Crippen LogP contribution in [0.15, 0.2) is 36.5 Å². The third-order valence-electron chi connectivity index (χ3n) is 3.65. The van der Waals surface area contributed by atoms with Gasteiger partial charge in [-0.05, 0) is 43.7 Å². The number of pyridine rings is 1. The Morgan fingerprint density at radius 1 is 1.28 bits per heavy atom. The van der Waals surface area contributed by atoms with Gasteiger partial charge >= 0.3 is 5.97 Å². The standard InChI is InChI=1S/C18H20ClN3O3/c1-4-11(2)21-17(23)16-10-13(7-8-20-16)22-15-9-12(18(24)25-3)5-6-14(15)19/h5-11H,4H2,1-3H3,(H,20,22)(H,21,23). The van der Waals surface area contributed by atoms with Crippen molar-refractivity contribution in [3.05, 3.63) is 52.8 Å². The second-order valence-corrected chi connectivity index (χ2v) is 5.93. The molecule has 2 rings (SSSR count). The summed E-state index contributed by atoms with van der Waals surface area (Å²) in [6.45, 7) is 3.92. The summed E-state index contributed by atoms with van der Waals surface area (Å²) < 4.78 is 4.71. The zero-order chi connectivity index (χ0) is 18.4. The molecule has 25 heavy (non-hydrogen) atoms. The van der Waals surface area contributed by atoms with Gasteiger partial charge < -0.3 is 15.4 Å². The molecular weight excluding hydrogens is 342 g/mol. The summed E-state index contributed by atoms with van der Waals surface area (Å²) >= 11 is 6.17. The summed E-state index contributed by atoms with van der Waals surface area (Å²) in [6, 6.07) is 8.18. The van der Waals surface area contributed by atoms with Crippen LogP contribution in [0.3, 0.4) is 0 Å². The highest BCUT2D eigenvalue weighted by atomic mass is 35.5. The quantitative estimate of drug-likeness (QED) is 0.765. The lowest BCUT2D eigenvalue weighted by Crippen LogP contribution is -2.32. The number of benzene rings is 1. The van der Waals surface area contributed by atoms with E-state index in [9.17, 15) is 9.59 Å². The Labute approximate surface area is 151 Å². The molecule has 0 bridgehead atoms. The average Bonchev–Trinajstić information content (AvgIpc) is 2.62. The number of rotatable bonds is 6. The van der Waals surface area contributed by atoms with E-state index in [0.29, 0.717) is 27.7 Å². The molecule has 132 valence electrons. The number of carbonyl (C=O) groups is 2. The minimum Gasteiger partial charge on any atom is -0.465 e. The van der Waals surface area contributed by atoms with E-state index in [2.05, 4.69) is 15.6 Å². The fraction of sp³-hybridized carbons (Fsp3) is 0.278. The molecule has 0 aliphatic carbocycles. The van der Waals surface area contributed by atoms with Crippen LogP contribution in [0.4, 0.5) is 11.4 Å². The predicted octanol–water partition coefficient (Wildman–Crippen LogP) is 3.79. The molecule has 1 unspecified atom stereocenters. The zero-order valence-corrected chi connectivity index (χ0v) is 15.1. The van der Waals surface area contributed by atoms with Gasteiger partial charge in [0.15, 0.2) is 0 Å². The lowest BCUT2D eigenvalue weighted by Gasteiger charge is -2.13. The fourth-order valence-corrected chi connectivity index (χ4v) is 2.22. The molecule has 6 nitrogen and oxygen atoms in total. The van der Waals surface area contributed by atoms with E-state index < -0.39 is 5.97 Å². The van der Waals surface area contributed by atoms with Crippen molar-refractivity contribution in [1.29, 1.82) is 0 Å². The van der Waals surface area contributed by atoms with Gasteiger partial charge in [0.1, 0.15) is 5.69 Å². The van der Waals surface area contributed by atoms with Gasteiger partial charge in [-0.15, -0.1) is 0 Å². The topological polar surface area (TPSA) is 80.3 Å². The molecule has 1 aromatic carbocycles. The molecule has 0 spiro atoms. The Bertz CT molecular complexity index is 780. The molecule has 0 aliphatic rings. The average molecular weight is 362 g/mol. The van der Waals surface area contributed by atoms with Crippen LogP contribution in [0.5, 0.6) is 0 Å². The molecule has 1 heterocycles. The maximum Gasteiger partial charge on any atom is 0.337 e. The summed E-state index contributed by atoms with van der Waals surface area (Å²) in [5.74, 6) is -0.699. The summed E-state index contributed by atoms with van der Waals surface area (Å²) in [7, 11) is 1.31. The van der Waals surface area contributed by atoms with Gasteiger partial charge in [-0.25, -0.2) is 4.79 Å². The first kappa shape index (κ1) is 18.7. The lowest BCUT2D eigenvalue weighted by molar-refractivity contribution is 0.0600. The van der Waals surface area contributed by atoms with Crippen molar-refractivity contribution < 1.29 is 14.3 Å². The van der Waals surface area contributed by atoms with E-state index >= 15 is 0 Å². The van der Waals surface area contributed by atoms with E-state index in [1.54, 1.807) is 30.3 Å². The Balaban J connectivity index is 2.22.